The Hall–Kier alpha value is -0.970. The summed E-state index contributed by atoms with van der Waals surface area (Å²) in [7, 11) is 0. The third kappa shape index (κ3) is 4.27. The van der Waals surface area contributed by atoms with Gasteiger partial charge in [0.25, 0.3) is 0 Å². The lowest BCUT2D eigenvalue weighted by molar-refractivity contribution is -0.297. The number of hydrogen-bond acceptors (Lipinski definition) is 4. The predicted octanol–water partition coefficient (Wildman–Crippen LogP) is 3.14. The molecule has 4 nitrogen and oxygen atoms in total. The van der Waals surface area contributed by atoms with E-state index in [0.29, 0.717) is 0 Å². The van der Waals surface area contributed by atoms with Crippen molar-refractivity contribution in [3.63, 3.8) is 0 Å². The molecule has 1 heterocycles. The Kier molecular flexibility index (Phi) is 5.07. The van der Waals surface area contributed by atoms with Gasteiger partial charge >= 0.3 is 0 Å². The summed E-state index contributed by atoms with van der Waals surface area (Å²) in [5, 5.41) is 8.66. The van der Waals surface area contributed by atoms with Crippen LogP contribution in [0.25, 0.3) is 0 Å². The number of ketones is 1. The number of hydrogen-bond donors (Lipinski definition) is 1. The second-order valence-electron chi connectivity index (χ2n) is 5.93. The molecule has 1 rings (SSSR count). The second-order valence-corrected chi connectivity index (χ2v) is 5.93. The number of allylic oxidation sites excluding steroid dienone is 1. The monoisotopic (exact) mass is 268 g/mol. The molecule has 1 aliphatic heterocycles. The van der Waals surface area contributed by atoms with Gasteiger partial charge in [-0.1, -0.05) is 13.0 Å². The minimum absolute atomic E-state index is 0.0246. The van der Waals surface area contributed by atoms with Crippen molar-refractivity contribution in [2.75, 3.05) is 0 Å². The van der Waals surface area contributed by atoms with Crippen molar-refractivity contribution in [2.24, 2.45) is 5.92 Å². The minimum atomic E-state index is -0.860. The van der Waals surface area contributed by atoms with Crippen molar-refractivity contribution in [3.05, 3.63) is 24.8 Å². The van der Waals surface area contributed by atoms with Crippen LogP contribution in [0.5, 0.6) is 0 Å². The Morgan fingerprint density at radius 1 is 1.63 bits per heavy atom. The molecule has 1 aliphatic rings. The lowest BCUT2D eigenvalue weighted by Gasteiger charge is -2.23. The van der Waals surface area contributed by atoms with E-state index in [-0.39, 0.29) is 23.4 Å². The second kappa shape index (κ2) is 5.99. The van der Waals surface area contributed by atoms with Gasteiger partial charge in [-0.3, -0.25) is 10.1 Å². The van der Waals surface area contributed by atoms with Gasteiger partial charge in [-0.2, -0.15) is 0 Å². The lowest BCUT2D eigenvalue weighted by atomic mass is 9.94. The van der Waals surface area contributed by atoms with Crippen LogP contribution in [0.2, 0.25) is 0 Å². The Bertz CT molecular complexity index is 372. The molecule has 0 aromatic heterocycles. The van der Waals surface area contributed by atoms with Gasteiger partial charge in [-0.05, 0) is 45.8 Å². The molecule has 0 amide bonds. The first kappa shape index (κ1) is 16.1. The molecule has 0 unspecified atom stereocenters. The van der Waals surface area contributed by atoms with Crippen LogP contribution in [0.15, 0.2) is 24.8 Å². The molecule has 0 spiro atoms. The van der Waals surface area contributed by atoms with E-state index in [1.165, 1.54) is 6.08 Å². The van der Waals surface area contributed by atoms with Crippen LogP contribution in [0.1, 0.15) is 40.5 Å². The Labute approximate surface area is 115 Å². The van der Waals surface area contributed by atoms with Gasteiger partial charge in [0.05, 0.1) is 11.7 Å². The van der Waals surface area contributed by atoms with Crippen molar-refractivity contribution in [1.82, 2.24) is 0 Å². The van der Waals surface area contributed by atoms with Crippen LogP contribution in [0, 0.1) is 5.92 Å². The van der Waals surface area contributed by atoms with Gasteiger partial charge in [0.2, 0.25) is 0 Å². The van der Waals surface area contributed by atoms with E-state index in [2.05, 4.69) is 11.5 Å². The molecule has 0 aliphatic carbocycles. The van der Waals surface area contributed by atoms with Gasteiger partial charge in [0.15, 0.2) is 5.78 Å². The summed E-state index contributed by atoms with van der Waals surface area (Å²) in [6.45, 7) is 10.9. The molecule has 0 bridgehead atoms. The summed E-state index contributed by atoms with van der Waals surface area (Å²) in [5.74, 6) is -0.240. The molecule has 0 radical (unpaired) electrons. The molecule has 1 N–H and O–H groups in total. The van der Waals surface area contributed by atoms with Gasteiger partial charge in [-0.25, -0.2) is 4.89 Å². The highest BCUT2D eigenvalue weighted by Gasteiger charge is 2.37. The molecular weight excluding hydrogens is 244 g/mol. The minimum Gasteiger partial charge on any atom is -0.367 e. The van der Waals surface area contributed by atoms with Crippen molar-refractivity contribution in [3.8, 4) is 0 Å². The highest BCUT2D eigenvalue weighted by Crippen LogP contribution is 2.34. The van der Waals surface area contributed by atoms with Crippen LogP contribution in [0.3, 0.4) is 0 Å². The van der Waals surface area contributed by atoms with Gasteiger partial charge in [-0.15, -0.1) is 6.58 Å². The SMILES string of the molecule is C=C[C@@]1(C)CC[C@@H]([C@H](C)C(=O)/C=C/C(C)(C)OO)O1. The fraction of sp³-hybridized carbons (Fsp3) is 0.667. The topological polar surface area (TPSA) is 55.8 Å². The first-order valence-corrected chi connectivity index (χ1v) is 6.60. The van der Waals surface area contributed by atoms with Crippen molar-refractivity contribution in [1.29, 1.82) is 0 Å². The van der Waals surface area contributed by atoms with Crippen LogP contribution in [0.4, 0.5) is 0 Å². The normalized spacial score (nSPS) is 29.6. The van der Waals surface area contributed by atoms with E-state index < -0.39 is 5.60 Å². The van der Waals surface area contributed by atoms with Gasteiger partial charge < -0.3 is 4.74 Å². The molecule has 108 valence electrons. The Balaban J connectivity index is 2.62. The summed E-state index contributed by atoms with van der Waals surface area (Å²) in [5.41, 5.74) is -1.18. The average molecular weight is 268 g/mol. The Morgan fingerprint density at radius 3 is 2.74 bits per heavy atom. The number of carbonyl (C=O) groups is 1. The van der Waals surface area contributed by atoms with E-state index in [1.807, 2.05) is 13.8 Å². The fourth-order valence-electron chi connectivity index (χ4n) is 2.04. The number of ether oxygens (including phenoxy) is 1. The van der Waals surface area contributed by atoms with Crippen LogP contribution in [-0.4, -0.2) is 28.3 Å². The zero-order valence-corrected chi connectivity index (χ0v) is 12.2. The molecule has 1 fully saturated rings. The molecule has 0 aromatic rings. The van der Waals surface area contributed by atoms with Crippen LogP contribution < -0.4 is 0 Å². The standard InChI is InChI=1S/C15H24O4/c1-6-15(5)10-8-13(18-15)11(2)12(16)7-9-14(3,4)19-17/h6-7,9,11,13,17H,1,8,10H2,2-5H3/b9-7+/t11-,13+,15+/m1/s1. The van der Waals surface area contributed by atoms with E-state index in [4.69, 9.17) is 9.99 Å². The van der Waals surface area contributed by atoms with Crippen molar-refractivity contribution >= 4 is 5.78 Å². The quantitative estimate of drug-likeness (QED) is 0.348. The molecular formula is C15H24O4. The zero-order chi connectivity index (χ0) is 14.7. The zero-order valence-electron chi connectivity index (χ0n) is 12.2. The predicted molar refractivity (Wildman–Crippen MR) is 73.8 cm³/mol. The van der Waals surface area contributed by atoms with Crippen molar-refractivity contribution in [2.45, 2.75) is 57.8 Å². The molecule has 19 heavy (non-hydrogen) atoms. The summed E-state index contributed by atoms with van der Waals surface area (Å²) >= 11 is 0. The summed E-state index contributed by atoms with van der Waals surface area (Å²) in [6.07, 6.45) is 6.44. The smallest absolute Gasteiger partial charge is 0.160 e. The van der Waals surface area contributed by atoms with Gasteiger partial charge in [0, 0.05) is 5.92 Å². The summed E-state index contributed by atoms with van der Waals surface area (Å²) in [6, 6.07) is 0. The molecule has 0 aromatic carbocycles. The fourth-order valence-corrected chi connectivity index (χ4v) is 2.04. The number of carbonyl (C=O) groups excluding carboxylic acids is 1. The first-order valence-electron chi connectivity index (χ1n) is 6.60. The van der Waals surface area contributed by atoms with Gasteiger partial charge in [0.1, 0.15) is 5.60 Å². The van der Waals surface area contributed by atoms with E-state index in [9.17, 15) is 4.79 Å². The Morgan fingerprint density at radius 2 is 2.26 bits per heavy atom. The van der Waals surface area contributed by atoms with E-state index >= 15 is 0 Å². The summed E-state index contributed by atoms with van der Waals surface area (Å²) < 4.78 is 5.89. The first-order chi connectivity index (χ1) is 8.73. The number of rotatable bonds is 6. The summed E-state index contributed by atoms with van der Waals surface area (Å²) in [4.78, 5) is 16.3. The molecule has 0 saturated carbocycles. The molecule has 3 atom stereocenters. The maximum absolute atomic E-state index is 12.1. The largest absolute Gasteiger partial charge is 0.367 e. The van der Waals surface area contributed by atoms with Crippen molar-refractivity contribution < 1.29 is 19.7 Å². The van der Waals surface area contributed by atoms with E-state index in [1.54, 1.807) is 26.0 Å². The van der Waals surface area contributed by atoms with E-state index in [0.717, 1.165) is 12.8 Å². The maximum Gasteiger partial charge on any atom is 0.160 e. The van der Waals surface area contributed by atoms with Crippen LogP contribution in [-0.2, 0) is 14.4 Å². The van der Waals surface area contributed by atoms with Crippen LogP contribution >= 0.6 is 0 Å². The third-order valence-electron chi connectivity index (χ3n) is 3.67. The highest BCUT2D eigenvalue weighted by molar-refractivity contribution is 5.92. The molecule has 1 saturated heterocycles. The molecule has 4 heteroatoms. The highest BCUT2D eigenvalue weighted by atomic mass is 17.1. The third-order valence-corrected chi connectivity index (χ3v) is 3.67. The lowest BCUT2D eigenvalue weighted by Crippen LogP contribution is -2.29. The maximum atomic E-state index is 12.1. The average Bonchev–Trinajstić information content (AvgIpc) is 2.78.